The van der Waals surface area contributed by atoms with E-state index >= 15 is 0 Å². The Morgan fingerprint density at radius 2 is 2.08 bits per heavy atom. The van der Waals surface area contributed by atoms with E-state index in [-0.39, 0.29) is 11.9 Å². The molecule has 0 unspecified atom stereocenters. The van der Waals surface area contributed by atoms with Crippen LogP contribution in [-0.2, 0) is 11.3 Å². The van der Waals surface area contributed by atoms with Crippen LogP contribution in [0.1, 0.15) is 18.6 Å². The number of furan rings is 1. The molecule has 1 aromatic heterocycles. The average Bonchev–Trinajstić information content (AvgIpc) is 3.26. The van der Waals surface area contributed by atoms with Crippen molar-refractivity contribution in [2.75, 3.05) is 11.9 Å². The zero-order chi connectivity index (χ0) is 16.9. The minimum absolute atomic E-state index is 0.182. The summed E-state index contributed by atoms with van der Waals surface area (Å²) in [6.45, 7) is 0.845. The van der Waals surface area contributed by atoms with Crippen molar-refractivity contribution < 1.29 is 14.0 Å². The molecule has 2 N–H and O–H groups in total. The van der Waals surface area contributed by atoms with Crippen LogP contribution in [0, 0.1) is 0 Å². The first-order chi connectivity index (χ1) is 11.6. The highest BCUT2D eigenvalue weighted by atomic mass is 35.5. The highest BCUT2D eigenvalue weighted by molar-refractivity contribution is 6.33. The molecule has 0 spiro atoms. The smallest absolute Gasteiger partial charge is 0.322 e. The SMILES string of the molecule is O=C(NCc1ccco1)[C@@H]1CCCN1C(=O)Nc1ccccc1Cl. The van der Waals surface area contributed by atoms with Crippen LogP contribution in [0.25, 0.3) is 0 Å². The van der Waals surface area contributed by atoms with Crippen molar-refractivity contribution >= 4 is 29.2 Å². The van der Waals surface area contributed by atoms with Crippen molar-refractivity contribution in [3.8, 4) is 0 Å². The Kier molecular flexibility index (Phi) is 5.05. The molecule has 1 aliphatic rings. The molecule has 2 heterocycles. The van der Waals surface area contributed by atoms with E-state index in [0.29, 0.717) is 36.0 Å². The fourth-order valence-corrected chi connectivity index (χ4v) is 2.92. The summed E-state index contributed by atoms with van der Waals surface area (Å²) in [6, 6.07) is 9.76. The molecule has 1 aromatic carbocycles. The minimum Gasteiger partial charge on any atom is -0.467 e. The van der Waals surface area contributed by atoms with Crippen molar-refractivity contribution in [3.63, 3.8) is 0 Å². The van der Waals surface area contributed by atoms with Crippen LogP contribution in [0.2, 0.25) is 5.02 Å². The number of rotatable bonds is 4. The summed E-state index contributed by atoms with van der Waals surface area (Å²) >= 11 is 6.06. The molecule has 126 valence electrons. The van der Waals surface area contributed by atoms with E-state index in [1.54, 1.807) is 47.6 Å². The lowest BCUT2D eigenvalue weighted by Crippen LogP contribution is -2.47. The van der Waals surface area contributed by atoms with Gasteiger partial charge in [0.2, 0.25) is 5.91 Å². The molecule has 1 atom stereocenters. The molecule has 3 rings (SSSR count). The van der Waals surface area contributed by atoms with Crippen LogP contribution in [0.3, 0.4) is 0 Å². The predicted molar refractivity (Wildman–Crippen MR) is 90.8 cm³/mol. The standard InChI is InChI=1S/C17H18ClN3O3/c18-13-6-1-2-7-14(13)20-17(23)21-9-3-8-15(21)16(22)19-11-12-5-4-10-24-12/h1-2,4-7,10,15H,3,8-9,11H2,(H,19,22)(H,20,23)/t15-/m0/s1. The summed E-state index contributed by atoms with van der Waals surface area (Å²) in [5, 5.41) is 6.03. The van der Waals surface area contributed by atoms with Gasteiger partial charge in [0.15, 0.2) is 0 Å². The number of carbonyl (C=O) groups excluding carboxylic acids is 2. The number of nitrogens with zero attached hydrogens (tertiary/aromatic N) is 1. The van der Waals surface area contributed by atoms with Gasteiger partial charge in [-0.3, -0.25) is 4.79 Å². The van der Waals surface area contributed by atoms with Gasteiger partial charge in [-0.25, -0.2) is 4.79 Å². The Labute approximate surface area is 144 Å². The Balaban J connectivity index is 1.61. The number of carbonyl (C=O) groups is 2. The van der Waals surface area contributed by atoms with Gasteiger partial charge in [0, 0.05) is 6.54 Å². The van der Waals surface area contributed by atoms with Crippen LogP contribution >= 0.6 is 11.6 Å². The molecule has 7 heteroatoms. The Bertz CT molecular complexity index is 718. The molecule has 6 nitrogen and oxygen atoms in total. The Morgan fingerprint density at radius 1 is 1.25 bits per heavy atom. The maximum absolute atomic E-state index is 12.5. The van der Waals surface area contributed by atoms with E-state index in [2.05, 4.69) is 10.6 Å². The Morgan fingerprint density at radius 3 is 2.83 bits per heavy atom. The highest BCUT2D eigenvalue weighted by Crippen LogP contribution is 2.23. The number of urea groups is 1. The lowest BCUT2D eigenvalue weighted by atomic mass is 10.2. The van der Waals surface area contributed by atoms with Crippen LogP contribution < -0.4 is 10.6 Å². The third-order valence-corrected chi connectivity index (χ3v) is 4.28. The average molecular weight is 348 g/mol. The van der Waals surface area contributed by atoms with Crippen molar-refractivity contribution in [2.24, 2.45) is 0 Å². The van der Waals surface area contributed by atoms with E-state index in [4.69, 9.17) is 16.0 Å². The fraction of sp³-hybridized carbons (Fsp3) is 0.294. The van der Waals surface area contributed by atoms with E-state index in [9.17, 15) is 9.59 Å². The first-order valence-electron chi connectivity index (χ1n) is 7.77. The first-order valence-corrected chi connectivity index (χ1v) is 8.15. The van der Waals surface area contributed by atoms with E-state index in [1.807, 2.05) is 0 Å². The maximum Gasteiger partial charge on any atom is 0.322 e. The van der Waals surface area contributed by atoms with Crippen LogP contribution in [0.5, 0.6) is 0 Å². The number of amides is 3. The molecule has 0 aliphatic carbocycles. The summed E-state index contributed by atoms with van der Waals surface area (Å²) in [4.78, 5) is 26.4. The molecule has 1 aliphatic heterocycles. The lowest BCUT2D eigenvalue weighted by Gasteiger charge is -2.24. The number of para-hydroxylation sites is 1. The van der Waals surface area contributed by atoms with Crippen molar-refractivity contribution in [1.29, 1.82) is 0 Å². The largest absolute Gasteiger partial charge is 0.467 e. The van der Waals surface area contributed by atoms with Crippen LogP contribution in [0.15, 0.2) is 47.1 Å². The second kappa shape index (κ2) is 7.40. The summed E-state index contributed by atoms with van der Waals surface area (Å²) in [5.41, 5.74) is 0.533. The molecule has 0 radical (unpaired) electrons. The number of anilines is 1. The van der Waals surface area contributed by atoms with E-state index in [0.717, 1.165) is 6.42 Å². The van der Waals surface area contributed by atoms with Crippen LogP contribution in [0.4, 0.5) is 10.5 Å². The molecular weight excluding hydrogens is 330 g/mol. The van der Waals surface area contributed by atoms with Gasteiger partial charge in [-0.1, -0.05) is 23.7 Å². The normalized spacial score (nSPS) is 16.9. The van der Waals surface area contributed by atoms with E-state index in [1.165, 1.54) is 0 Å². The monoisotopic (exact) mass is 347 g/mol. The van der Waals surface area contributed by atoms with Gasteiger partial charge in [-0.15, -0.1) is 0 Å². The van der Waals surface area contributed by atoms with Gasteiger partial charge >= 0.3 is 6.03 Å². The van der Waals surface area contributed by atoms with Gasteiger partial charge in [0.1, 0.15) is 11.8 Å². The summed E-state index contributed by atoms with van der Waals surface area (Å²) < 4.78 is 5.19. The predicted octanol–water partition coefficient (Wildman–Crippen LogP) is 3.25. The zero-order valence-electron chi connectivity index (χ0n) is 13.0. The molecule has 2 aromatic rings. The molecule has 0 bridgehead atoms. The van der Waals surface area contributed by atoms with Gasteiger partial charge in [-0.2, -0.15) is 0 Å². The first kappa shape index (κ1) is 16.4. The maximum atomic E-state index is 12.5. The van der Waals surface area contributed by atoms with Crippen molar-refractivity contribution in [2.45, 2.75) is 25.4 Å². The quantitative estimate of drug-likeness (QED) is 0.891. The van der Waals surface area contributed by atoms with Gasteiger partial charge < -0.3 is 20.0 Å². The molecule has 1 saturated heterocycles. The molecule has 24 heavy (non-hydrogen) atoms. The second-order valence-corrected chi connectivity index (χ2v) is 5.97. The highest BCUT2D eigenvalue weighted by Gasteiger charge is 2.34. The lowest BCUT2D eigenvalue weighted by molar-refractivity contribution is -0.124. The van der Waals surface area contributed by atoms with Gasteiger partial charge in [0.05, 0.1) is 23.5 Å². The zero-order valence-corrected chi connectivity index (χ0v) is 13.8. The minimum atomic E-state index is -0.484. The summed E-state index contributed by atoms with van der Waals surface area (Å²) in [5.74, 6) is 0.492. The summed E-state index contributed by atoms with van der Waals surface area (Å²) in [7, 11) is 0. The summed E-state index contributed by atoms with van der Waals surface area (Å²) in [6.07, 6.45) is 2.98. The third kappa shape index (κ3) is 3.71. The number of hydrogen-bond acceptors (Lipinski definition) is 3. The number of hydrogen-bond donors (Lipinski definition) is 2. The molecule has 1 fully saturated rings. The van der Waals surface area contributed by atoms with Gasteiger partial charge in [0.25, 0.3) is 0 Å². The number of nitrogens with one attached hydrogen (secondary N) is 2. The number of likely N-dealkylation sites (tertiary alicyclic amines) is 1. The Hall–Kier alpha value is -2.47. The third-order valence-electron chi connectivity index (χ3n) is 3.95. The number of benzene rings is 1. The molecule has 3 amide bonds. The topological polar surface area (TPSA) is 74.6 Å². The number of halogens is 1. The molecule has 0 saturated carbocycles. The van der Waals surface area contributed by atoms with Crippen molar-refractivity contribution in [1.82, 2.24) is 10.2 Å². The fourth-order valence-electron chi connectivity index (χ4n) is 2.74. The van der Waals surface area contributed by atoms with Gasteiger partial charge in [-0.05, 0) is 37.1 Å². The second-order valence-electron chi connectivity index (χ2n) is 5.56. The van der Waals surface area contributed by atoms with Crippen LogP contribution in [-0.4, -0.2) is 29.4 Å². The molecular formula is C17H18ClN3O3. The van der Waals surface area contributed by atoms with E-state index < -0.39 is 6.04 Å². The van der Waals surface area contributed by atoms with Crippen molar-refractivity contribution in [3.05, 3.63) is 53.4 Å².